The minimum atomic E-state index is -0.343. The average Bonchev–Trinajstić information content (AvgIpc) is 3.13. The lowest BCUT2D eigenvalue weighted by Gasteiger charge is -2.11. The van der Waals surface area contributed by atoms with E-state index in [1.54, 1.807) is 17.7 Å². The number of hydrogen-bond donors (Lipinski definition) is 2. The molecular formula is C20H16N4OS2. The number of anilines is 2. The van der Waals surface area contributed by atoms with Crippen molar-refractivity contribution in [1.29, 1.82) is 0 Å². The zero-order valence-electron chi connectivity index (χ0n) is 14.3. The molecule has 27 heavy (non-hydrogen) atoms. The number of carbonyl (C=O) groups is 1. The number of para-hydroxylation sites is 1. The van der Waals surface area contributed by atoms with Gasteiger partial charge in [-0.05, 0) is 23.8 Å². The van der Waals surface area contributed by atoms with Crippen LogP contribution in [0.4, 0.5) is 11.5 Å². The van der Waals surface area contributed by atoms with E-state index < -0.39 is 0 Å². The van der Waals surface area contributed by atoms with Crippen LogP contribution in [0.25, 0.3) is 20.7 Å². The summed E-state index contributed by atoms with van der Waals surface area (Å²) in [4.78, 5) is 23.0. The highest BCUT2D eigenvalue weighted by Gasteiger charge is 2.12. The van der Waals surface area contributed by atoms with Crippen molar-refractivity contribution in [3.05, 3.63) is 67.0 Å². The number of nitrogens with zero attached hydrogens (tertiary/aromatic N) is 2. The summed E-state index contributed by atoms with van der Waals surface area (Å²) < 4.78 is 0. The van der Waals surface area contributed by atoms with Gasteiger partial charge < -0.3 is 11.1 Å². The number of thiophene rings is 1. The summed E-state index contributed by atoms with van der Waals surface area (Å²) in [7, 11) is 0. The van der Waals surface area contributed by atoms with Gasteiger partial charge in [0.2, 0.25) is 5.91 Å². The second-order valence-electron chi connectivity index (χ2n) is 5.79. The maximum atomic E-state index is 11.1. The highest BCUT2D eigenvalue weighted by Crippen LogP contribution is 2.37. The van der Waals surface area contributed by atoms with E-state index in [2.05, 4.69) is 33.5 Å². The molecular weight excluding hydrogens is 376 g/mol. The number of amides is 1. The molecule has 3 N–H and O–H groups in total. The van der Waals surface area contributed by atoms with Gasteiger partial charge in [-0.1, -0.05) is 42.5 Å². The van der Waals surface area contributed by atoms with Crippen LogP contribution in [-0.4, -0.2) is 21.6 Å². The van der Waals surface area contributed by atoms with Crippen LogP contribution < -0.4 is 11.1 Å². The smallest absolute Gasteiger partial charge is 0.227 e. The maximum Gasteiger partial charge on any atom is 0.227 e. The second kappa shape index (κ2) is 7.77. The Morgan fingerprint density at radius 1 is 1.07 bits per heavy atom. The summed E-state index contributed by atoms with van der Waals surface area (Å²) in [5.41, 5.74) is 7.32. The Hall–Kier alpha value is -2.90. The van der Waals surface area contributed by atoms with Crippen LogP contribution >= 0.6 is 23.1 Å². The Morgan fingerprint density at radius 2 is 1.85 bits per heavy atom. The largest absolute Gasteiger partial charge is 0.369 e. The molecule has 2 heterocycles. The SMILES string of the molecule is NC(=O)CSc1ccccc1Nc1ncnc2sc(-c3ccccc3)cc12. The van der Waals surface area contributed by atoms with Crippen molar-refractivity contribution in [2.45, 2.75) is 4.90 Å². The fraction of sp³-hybridized carbons (Fsp3) is 0.0500. The first-order chi connectivity index (χ1) is 13.2. The Labute approximate surface area is 164 Å². The Balaban J connectivity index is 1.69. The van der Waals surface area contributed by atoms with Crippen LogP contribution in [0.5, 0.6) is 0 Å². The van der Waals surface area contributed by atoms with Gasteiger partial charge in [0.05, 0.1) is 16.8 Å². The number of hydrogen-bond acceptors (Lipinski definition) is 6. The van der Waals surface area contributed by atoms with Gasteiger partial charge in [-0.3, -0.25) is 4.79 Å². The lowest BCUT2D eigenvalue weighted by atomic mass is 10.2. The molecule has 5 nitrogen and oxygen atoms in total. The van der Waals surface area contributed by atoms with E-state index in [1.807, 2.05) is 42.5 Å². The number of fused-ring (bicyclic) bond motifs is 1. The second-order valence-corrected chi connectivity index (χ2v) is 7.84. The molecule has 2 aromatic carbocycles. The number of nitrogens with two attached hydrogens (primary N) is 1. The number of benzene rings is 2. The summed E-state index contributed by atoms with van der Waals surface area (Å²) in [5.74, 6) is 0.629. The predicted molar refractivity (Wildman–Crippen MR) is 112 cm³/mol. The molecule has 4 aromatic rings. The van der Waals surface area contributed by atoms with Crippen molar-refractivity contribution in [3.8, 4) is 10.4 Å². The molecule has 0 spiro atoms. The molecule has 0 aliphatic rings. The van der Waals surface area contributed by atoms with E-state index >= 15 is 0 Å². The van der Waals surface area contributed by atoms with Crippen LogP contribution in [-0.2, 0) is 4.79 Å². The number of rotatable bonds is 6. The highest BCUT2D eigenvalue weighted by molar-refractivity contribution is 8.00. The minimum absolute atomic E-state index is 0.231. The van der Waals surface area contributed by atoms with Gasteiger partial charge in [0.15, 0.2) is 0 Å². The molecule has 4 rings (SSSR count). The summed E-state index contributed by atoms with van der Waals surface area (Å²) >= 11 is 3.04. The highest BCUT2D eigenvalue weighted by atomic mass is 32.2. The fourth-order valence-corrected chi connectivity index (χ4v) is 4.42. The minimum Gasteiger partial charge on any atom is -0.369 e. The van der Waals surface area contributed by atoms with E-state index in [-0.39, 0.29) is 11.7 Å². The molecule has 2 aromatic heterocycles. The first kappa shape index (κ1) is 17.5. The van der Waals surface area contributed by atoms with Crippen LogP contribution in [0.3, 0.4) is 0 Å². The molecule has 0 saturated heterocycles. The molecule has 0 fully saturated rings. The van der Waals surface area contributed by atoms with E-state index in [1.165, 1.54) is 11.8 Å². The van der Waals surface area contributed by atoms with Crippen molar-refractivity contribution in [2.24, 2.45) is 5.73 Å². The average molecular weight is 393 g/mol. The quantitative estimate of drug-likeness (QED) is 0.466. The number of thioether (sulfide) groups is 1. The molecule has 7 heteroatoms. The molecule has 1 amide bonds. The van der Waals surface area contributed by atoms with Crippen LogP contribution in [0.2, 0.25) is 0 Å². The third kappa shape index (κ3) is 3.94. The Kier molecular flexibility index (Phi) is 5.04. The molecule has 0 aliphatic carbocycles. The topological polar surface area (TPSA) is 80.9 Å². The van der Waals surface area contributed by atoms with E-state index in [0.717, 1.165) is 37.1 Å². The van der Waals surface area contributed by atoms with Crippen molar-refractivity contribution >= 4 is 50.7 Å². The first-order valence-corrected chi connectivity index (χ1v) is 10.1. The predicted octanol–water partition coefficient (Wildman–Crippen LogP) is 4.68. The molecule has 0 radical (unpaired) electrons. The van der Waals surface area contributed by atoms with Gasteiger partial charge in [0.1, 0.15) is 17.0 Å². The zero-order chi connectivity index (χ0) is 18.6. The van der Waals surface area contributed by atoms with E-state index in [9.17, 15) is 4.79 Å². The van der Waals surface area contributed by atoms with Crippen molar-refractivity contribution < 1.29 is 4.79 Å². The fourth-order valence-electron chi connectivity index (χ4n) is 2.67. The summed E-state index contributed by atoms with van der Waals surface area (Å²) in [6.07, 6.45) is 1.56. The first-order valence-electron chi connectivity index (χ1n) is 8.28. The van der Waals surface area contributed by atoms with E-state index in [0.29, 0.717) is 0 Å². The summed E-state index contributed by atoms with van der Waals surface area (Å²) in [6, 6.07) is 20.1. The van der Waals surface area contributed by atoms with Crippen LogP contribution in [0.15, 0.2) is 71.9 Å². The van der Waals surface area contributed by atoms with Gasteiger partial charge >= 0.3 is 0 Å². The van der Waals surface area contributed by atoms with Gasteiger partial charge in [0, 0.05) is 9.77 Å². The third-order valence-electron chi connectivity index (χ3n) is 3.90. The van der Waals surface area contributed by atoms with Gasteiger partial charge in [-0.2, -0.15) is 0 Å². The van der Waals surface area contributed by atoms with E-state index in [4.69, 9.17) is 5.73 Å². The standard InChI is InChI=1S/C20H16N4OS2/c21-18(25)11-26-16-9-5-4-8-15(16)24-19-14-10-17(13-6-2-1-3-7-13)27-20(14)23-12-22-19/h1-10,12H,11H2,(H2,21,25)(H,22,23,24). The number of aromatic nitrogens is 2. The number of primary amides is 1. The third-order valence-corrected chi connectivity index (χ3v) is 6.09. The Morgan fingerprint density at radius 3 is 2.67 bits per heavy atom. The lowest BCUT2D eigenvalue weighted by molar-refractivity contribution is -0.115. The van der Waals surface area contributed by atoms with Gasteiger partial charge in [0.25, 0.3) is 0 Å². The maximum absolute atomic E-state index is 11.1. The molecule has 134 valence electrons. The molecule has 0 saturated carbocycles. The van der Waals surface area contributed by atoms with Gasteiger partial charge in [-0.15, -0.1) is 23.1 Å². The molecule has 0 unspecified atom stereocenters. The van der Waals surface area contributed by atoms with Crippen molar-refractivity contribution in [2.75, 3.05) is 11.1 Å². The van der Waals surface area contributed by atoms with Gasteiger partial charge in [-0.25, -0.2) is 9.97 Å². The van der Waals surface area contributed by atoms with Crippen molar-refractivity contribution in [1.82, 2.24) is 9.97 Å². The van der Waals surface area contributed by atoms with Crippen molar-refractivity contribution in [3.63, 3.8) is 0 Å². The summed E-state index contributed by atoms with van der Waals surface area (Å²) in [6.45, 7) is 0. The lowest BCUT2D eigenvalue weighted by Crippen LogP contribution is -2.13. The molecule has 0 bridgehead atoms. The Bertz CT molecular complexity index is 1100. The molecule has 0 atom stereocenters. The summed E-state index contributed by atoms with van der Waals surface area (Å²) in [5, 5.41) is 4.36. The monoisotopic (exact) mass is 392 g/mol. The van der Waals surface area contributed by atoms with Crippen LogP contribution in [0.1, 0.15) is 0 Å². The normalized spacial score (nSPS) is 10.8. The zero-order valence-corrected chi connectivity index (χ0v) is 15.9. The number of nitrogens with one attached hydrogen (secondary N) is 1. The molecule has 0 aliphatic heterocycles. The number of carbonyl (C=O) groups excluding carboxylic acids is 1. The van der Waals surface area contributed by atoms with Crippen LogP contribution in [0, 0.1) is 0 Å².